The summed E-state index contributed by atoms with van der Waals surface area (Å²) in [6.45, 7) is 0.738. The van der Waals surface area contributed by atoms with Crippen molar-refractivity contribution in [2.24, 2.45) is 5.92 Å². The lowest BCUT2D eigenvalue weighted by Crippen LogP contribution is -2.71. The molecule has 158 valence electrons. The molecule has 4 N–H and O–H groups in total. The Bertz CT molecular complexity index is 845. The summed E-state index contributed by atoms with van der Waals surface area (Å²) < 4.78 is 36.7. The van der Waals surface area contributed by atoms with Crippen molar-refractivity contribution in [3.05, 3.63) is 17.8 Å². The molecule has 0 bridgehead atoms. The first kappa shape index (κ1) is 20.9. The molecule has 0 radical (unpaired) electrons. The summed E-state index contributed by atoms with van der Waals surface area (Å²) in [5, 5.41) is 26.4. The van der Waals surface area contributed by atoms with E-state index < -0.39 is 18.3 Å². The number of piperidine rings is 1. The minimum Gasteiger partial charge on any atom is -0.475 e. The standard InChI is InChI=1S/C12H13N5O4S.C2HF3O2/c18-9-7-8-5(1-2-13-7)6(3-22-11-14-4-15-16-11)10(17(8)9)21-12(19)20;3-2(4,5)1(6)7/h4-5,7-8,13H,1-3H2,(H,19,20)(H,14,15,16);(H,6,7)/t5?,7-,8+;/m0./s1. The number of thioether (sulfide) groups is 1. The molecule has 4 heterocycles. The molecule has 4 rings (SSSR count). The number of carbonyl (C=O) groups is 3. The van der Waals surface area contributed by atoms with Crippen molar-refractivity contribution in [1.82, 2.24) is 25.4 Å². The van der Waals surface area contributed by atoms with Crippen LogP contribution in [0.25, 0.3) is 0 Å². The number of aromatic nitrogens is 3. The zero-order valence-corrected chi connectivity index (χ0v) is 15.2. The molecule has 0 saturated carbocycles. The molecule has 1 aromatic heterocycles. The lowest BCUT2D eigenvalue weighted by atomic mass is 9.80. The summed E-state index contributed by atoms with van der Waals surface area (Å²) in [7, 11) is 0. The average Bonchev–Trinajstić information content (AvgIpc) is 3.23. The van der Waals surface area contributed by atoms with Crippen LogP contribution < -0.4 is 5.32 Å². The van der Waals surface area contributed by atoms with E-state index in [0.29, 0.717) is 10.9 Å². The average molecular weight is 437 g/mol. The van der Waals surface area contributed by atoms with Gasteiger partial charge in [0.1, 0.15) is 12.4 Å². The maximum absolute atomic E-state index is 12.1. The number of nitrogens with zero attached hydrogens (tertiary/aromatic N) is 3. The highest BCUT2D eigenvalue weighted by Gasteiger charge is 2.60. The van der Waals surface area contributed by atoms with Crippen molar-refractivity contribution in [2.45, 2.75) is 29.8 Å². The monoisotopic (exact) mass is 437 g/mol. The number of carboxylic acid groups (broad SMARTS) is 2. The number of halogens is 3. The van der Waals surface area contributed by atoms with Crippen molar-refractivity contribution in [1.29, 1.82) is 0 Å². The Labute approximate surface area is 164 Å². The SMILES string of the molecule is O=C(O)C(F)(F)F.O=C(O)OC1=C(CSc2ncn[nH]2)C2CCN[C@@H]3C(=O)N1[C@H]23. The first-order valence-corrected chi connectivity index (χ1v) is 9.08. The van der Waals surface area contributed by atoms with Gasteiger partial charge >= 0.3 is 18.3 Å². The van der Waals surface area contributed by atoms with Crippen LogP contribution in [0, 0.1) is 5.92 Å². The number of ether oxygens (including phenoxy) is 1. The van der Waals surface area contributed by atoms with Crippen LogP contribution in [0.4, 0.5) is 18.0 Å². The second-order valence-corrected chi connectivity index (χ2v) is 7.07. The van der Waals surface area contributed by atoms with Crippen molar-refractivity contribution >= 4 is 29.8 Å². The maximum atomic E-state index is 12.1. The zero-order chi connectivity index (χ0) is 21.3. The number of carboxylic acids is 1. The predicted octanol–water partition coefficient (Wildman–Crippen LogP) is 0.639. The third kappa shape index (κ3) is 4.14. The quantitative estimate of drug-likeness (QED) is 0.299. The molecule has 29 heavy (non-hydrogen) atoms. The molecule has 0 aliphatic carbocycles. The number of H-pyrrole nitrogens is 1. The molecule has 2 saturated heterocycles. The number of amides is 1. The van der Waals surface area contributed by atoms with Gasteiger partial charge in [0.2, 0.25) is 11.8 Å². The molecule has 3 aliphatic heterocycles. The third-order valence-corrected chi connectivity index (χ3v) is 5.43. The minimum absolute atomic E-state index is 0.0269. The van der Waals surface area contributed by atoms with Crippen LogP contribution in [0.5, 0.6) is 0 Å². The van der Waals surface area contributed by atoms with E-state index in [-0.39, 0.29) is 29.8 Å². The van der Waals surface area contributed by atoms with Crippen LogP contribution in [0.15, 0.2) is 22.9 Å². The van der Waals surface area contributed by atoms with Crippen LogP contribution >= 0.6 is 11.8 Å². The highest BCUT2D eigenvalue weighted by Crippen LogP contribution is 2.47. The lowest BCUT2D eigenvalue weighted by molar-refractivity contribution is -0.192. The summed E-state index contributed by atoms with van der Waals surface area (Å²) in [5.74, 6) is -2.05. The summed E-state index contributed by atoms with van der Waals surface area (Å²) in [6, 6.07) is -0.250. The number of β-lactam (4-membered cyclic amide) rings is 1. The molecule has 15 heteroatoms. The van der Waals surface area contributed by atoms with Gasteiger partial charge in [-0.3, -0.25) is 14.8 Å². The van der Waals surface area contributed by atoms with Gasteiger partial charge in [-0.2, -0.15) is 18.3 Å². The largest absolute Gasteiger partial charge is 0.512 e. The van der Waals surface area contributed by atoms with E-state index in [9.17, 15) is 22.8 Å². The van der Waals surface area contributed by atoms with Gasteiger partial charge < -0.3 is 20.3 Å². The lowest BCUT2D eigenvalue weighted by Gasteiger charge is -2.48. The number of hydrogen-bond donors (Lipinski definition) is 4. The van der Waals surface area contributed by atoms with E-state index in [1.807, 2.05) is 0 Å². The highest BCUT2D eigenvalue weighted by atomic mass is 32.2. The number of nitrogens with one attached hydrogen (secondary N) is 2. The molecule has 11 nitrogen and oxygen atoms in total. The fourth-order valence-corrected chi connectivity index (χ4v) is 4.27. The third-order valence-electron chi connectivity index (χ3n) is 4.50. The summed E-state index contributed by atoms with van der Waals surface area (Å²) >= 11 is 1.41. The molecular formula is C14H14F3N5O6S. The van der Waals surface area contributed by atoms with Crippen molar-refractivity contribution in [3.8, 4) is 0 Å². The van der Waals surface area contributed by atoms with E-state index in [0.717, 1.165) is 18.5 Å². The van der Waals surface area contributed by atoms with Crippen LogP contribution in [0.3, 0.4) is 0 Å². The highest BCUT2D eigenvalue weighted by molar-refractivity contribution is 7.99. The number of aromatic amines is 1. The van der Waals surface area contributed by atoms with Gasteiger partial charge in [-0.15, -0.1) is 0 Å². The second-order valence-electron chi connectivity index (χ2n) is 6.11. The normalized spacial score (nSPS) is 25.0. The van der Waals surface area contributed by atoms with Gasteiger partial charge in [0.15, 0.2) is 5.16 Å². The Morgan fingerprint density at radius 2 is 2.07 bits per heavy atom. The van der Waals surface area contributed by atoms with E-state index in [4.69, 9.17) is 19.7 Å². The molecule has 2 fully saturated rings. The number of rotatable bonds is 4. The number of hydrogen-bond acceptors (Lipinski definition) is 8. The molecule has 1 aromatic rings. The van der Waals surface area contributed by atoms with Crippen LogP contribution in [0.1, 0.15) is 6.42 Å². The minimum atomic E-state index is -5.08. The second kappa shape index (κ2) is 7.90. The van der Waals surface area contributed by atoms with E-state index in [1.54, 1.807) is 0 Å². The van der Waals surface area contributed by atoms with Crippen LogP contribution in [-0.2, 0) is 14.3 Å². The Morgan fingerprint density at radius 3 is 2.62 bits per heavy atom. The van der Waals surface area contributed by atoms with Gasteiger partial charge in [-0.05, 0) is 13.0 Å². The molecule has 1 amide bonds. The van der Waals surface area contributed by atoms with Gasteiger partial charge in [0.25, 0.3) is 0 Å². The van der Waals surface area contributed by atoms with Gasteiger partial charge in [0.05, 0.1) is 6.04 Å². The van der Waals surface area contributed by atoms with Gasteiger partial charge in [-0.25, -0.2) is 14.6 Å². The van der Waals surface area contributed by atoms with Crippen LogP contribution in [-0.4, -0.2) is 78.9 Å². The zero-order valence-electron chi connectivity index (χ0n) is 14.3. The Kier molecular flexibility index (Phi) is 5.70. The predicted molar refractivity (Wildman–Crippen MR) is 87.5 cm³/mol. The van der Waals surface area contributed by atoms with Gasteiger partial charge in [0, 0.05) is 17.2 Å². The fourth-order valence-electron chi connectivity index (χ4n) is 3.40. The van der Waals surface area contributed by atoms with Gasteiger partial charge in [-0.1, -0.05) is 11.8 Å². The van der Waals surface area contributed by atoms with Crippen molar-refractivity contribution < 1.29 is 42.5 Å². The summed E-state index contributed by atoms with van der Waals surface area (Å²) in [5.41, 5.74) is 0.853. The number of alkyl halides is 3. The maximum Gasteiger partial charge on any atom is 0.512 e. The van der Waals surface area contributed by atoms with Crippen molar-refractivity contribution in [2.75, 3.05) is 12.3 Å². The topological polar surface area (TPSA) is 158 Å². The summed E-state index contributed by atoms with van der Waals surface area (Å²) in [4.78, 5) is 37.5. The molecule has 3 atom stereocenters. The van der Waals surface area contributed by atoms with E-state index >= 15 is 0 Å². The molecular weight excluding hydrogens is 423 g/mol. The number of aliphatic carboxylic acids is 1. The number of carbonyl (C=O) groups excluding carboxylic acids is 1. The van der Waals surface area contributed by atoms with E-state index in [2.05, 4.69) is 20.5 Å². The Balaban J connectivity index is 0.000000298. The fraction of sp³-hybridized carbons (Fsp3) is 0.500. The molecule has 0 spiro atoms. The van der Waals surface area contributed by atoms with Crippen LogP contribution in [0.2, 0.25) is 0 Å². The summed E-state index contributed by atoms with van der Waals surface area (Å²) in [6.07, 6.45) is -4.22. The Morgan fingerprint density at radius 1 is 1.38 bits per heavy atom. The molecule has 0 aromatic carbocycles. The van der Waals surface area contributed by atoms with E-state index in [1.165, 1.54) is 23.0 Å². The smallest absolute Gasteiger partial charge is 0.475 e. The first-order chi connectivity index (χ1) is 13.6. The molecule has 3 aliphatic rings. The van der Waals surface area contributed by atoms with Crippen molar-refractivity contribution in [3.63, 3.8) is 0 Å². The first-order valence-electron chi connectivity index (χ1n) is 8.09. The Hall–Kier alpha value is -2.81. The molecule has 1 unspecified atom stereocenters.